The molecule has 0 aromatic carbocycles. The van der Waals surface area contributed by atoms with E-state index in [4.69, 9.17) is 11.0 Å². The van der Waals surface area contributed by atoms with Crippen molar-refractivity contribution in [3.05, 3.63) is 0 Å². The quantitative estimate of drug-likeness (QED) is 0.414. The first-order valence-electron chi connectivity index (χ1n) is 5.32. The van der Waals surface area contributed by atoms with Crippen LogP contribution < -0.4 is 0 Å². The molecule has 0 aromatic heterocycles. The largest absolute Gasteiger partial charge is 0.237 e. The van der Waals surface area contributed by atoms with Crippen LogP contribution in [0.1, 0.15) is 23.7 Å². The van der Waals surface area contributed by atoms with Gasteiger partial charge in [0.2, 0.25) is 0 Å². The van der Waals surface area contributed by atoms with Crippen LogP contribution in [-0.4, -0.2) is 13.1 Å². The summed E-state index contributed by atoms with van der Waals surface area (Å²) in [6.07, 6.45) is -6.30. The van der Waals surface area contributed by atoms with Crippen LogP contribution in [0.2, 0.25) is 0 Å². The standard InChI is InChI=1S/C4H8O2/c1-2-4-6-5-3-1/h1-4H2/i1D2,2D2,3D2,4D2. The molecule has 0 saturated carbocycles. The fraction of sp³-hybridized carbons (Fsp3) is 1.00. The Morgan fingerprint density at radius 1 is 1.17 bits per heavy atom. The molecule has 6 heavy (non-hydrogen) atoms. The van der Waals surface area contributed by atoms with Crippen molar-refractivity contribution >= 4 is 0 Å². The summed E-state index contributed by atoms with van der Waals surface area (Å²) in [6.45, 7) is -6.08. The van der Waals surface area contributed by atoms with Gasteiger partial charge in [0.05, 0.1) is 18.6 Å². The van der Waals surface area contributed by atoms with E-state index in [1.165, 1.54) is 0 Å². The minimum atomic E-state index is -3.15. The van der Waals surface area contributed by atoms with E-state index in [1.807, 2.05) is 0 Å². The monoisotopic (exact) mass is 96.1 g/mol. The van der Waals surface area contributed by atoms with Crippen molar-refractivity contribution < 1.29 is 20.7 Å². The van der Waals surface area contributed by atoms with Crippen molar-refractivity contribution in [2.45, 2.75) is 12.7 Å². The molecule has 0 amide bonds. The summed E-state index contributed by atoms with van der Waals surface area (Å²) >= 11 is 0. The average Bonchev–Trinajstić information content (AvgIpc) is 1.98. The van der Waals surface area contributed by atoms with Gasteiger partial charge in [-0.25, -0.2) is 9.78 Å². The molecular formula is C4H8O2. The van der Waals surface area contributed by atoms with Gasteiger partial charge in [0, 0.05) is 5.48 Å². The van der Waals surface area contributed by atoms with Crippen LogP contribution in [-0.2, 0) is 9.78 Å². The molecule has 0 spiro atoms. The molecule has 0 N–H and O–H groups in total. The SMILES string of the molecule is [2H]C1([2H])OOC([2H])([2H])C([2H])([2H])C1([2H])[2H]. The zero-order valence-electron chi connectivity index (χ0n) is 10.8. The van der Waals surface area contributed by atoms with Gasteiger partial charge in [0.25, 0.3) is 0 Å². The second-order valence-electron chi connectivity index (χ2n) is 0.621. The Labute approximate surface area is 48.2 Å². The third kappa shape index (κ3) is 0.954. The second-order valence-corrected chi connectivity index (χ2v) is 0.621. The summed E-state index contributed by atoms with van der Waals surface area (Å²) in [5, 5.41) is 0. The summed E-state index contributed by atoms with van der Waals surface area (Å²) in [4.78, 5) is 7.75. The third-order valence-electron chi connectivity index (χ3n) is 0.290. The number of hydrogen-bond donors (Lipinski definition) is 0. The zero-order chi connectivity index (χ0) is 11.4. The van der Waals surface area contributed by atoms with Gasteiger partial charge in [-0.2, -0.15) is 0 Å². The lowest BCUT2D eigenvalue weighted by atomic mass is 10.3. The van der Waals surface area contributed by atoms with Crippen LogP contribution in [0.25, 0.3) is 0 Å². The predicted molar refractivity (Wildman–Crippen MR) is 21.1 cm³/mol. The summed E-state index contributed by atoms with van der Waals surface area (Å²) in [6, 6.07) is 0. The molecular weight excluding hydrogens is 80.0 g/mol. The molecule has 2 heteroatoms. The molecule has 1 heterocycles. The average molecular weight is 96.2 g/mol. The van der Waals surface area contributed by atoms with Crippen LogP contribution in [0.15, 0.2) is 0 Å². The maximum Gasteiger partial charge on any atom is 0.0823 e. The molecule has 36 valence electrons. The molecule has 1 saturated heterocycles. The van der Waals surface area contributed by atoms with Gasteiger partial charge in [0.15, 0.2) is 0 Å². The Balaban J connectivity index is 3.20. The molecule has 1 aliphatic heterocycles. The minimum absolute atomic E-state index is 3.04. The van der Waals surface area contributed by atoms with Gasteiger partial charge < -0.3 is 0 Å². The smallest absolute Gasteiger partial charge is 0.0823 e. The van der Waals surface area contributed by atoms with Gasteiger partial charge in [-0.3, -0.25) is 0 Å². The Hall–Kier alpha value is -0.0800. The summed E-state index contributed by atoms with van der Waals surface area (Å²) < 4.78 is 56.6. The van der Waals surface area contributed by atoms with Crippen LogP contribution in [0.5, 0.6) is 0 Å². The molecule has 0 bridgehead atoms. The molecule has 1 rings (SSSR count). The lowest BCUT2D eigenvalue weighted by Gasteiger charge is -2.07. The van der Waals surface area contributed by atoms with Crippen LogP contribution in [0, 0.1) is 0 Å². The van der Waals surface area contributed by atoms with Crippen molar-refractivity contribution in [2.24, 2.45) is 0 Å². The van der Waals surface area contributed by atoms with E-state index in [2.05, 4.69) is 9.78 Å². The van der Waals surface area contributed by atoms with E-state index in [9.17, 15) is 0 Å². The Morgan fingerprint density at radius 3 is 2.17 bits per heavy atom. The second kappa shape index (κ2) is 2.16. The summed E-state index contributed by atoms with van der Waals surface area (Å²) in [7, 11) is 0. The van der Waals surface area contributed by atoms with E-state index < -0.39 is 25.9 Å². The van der Waals surface area contributed by atoms with Crippen LogP contribution >= 0.6 is 0 Å². The maximum atomic E-state index is 7.16. The molecule has 0 unspecified atom stereocenters. The van der Waals surface area contributed by atoms with Crippen LogP contribution in [0.3, 0.4) is 0 Å². The van der Waals surface area contributed by atoms with E-state index in [1.54, 1.807) is 0 Å². The van der Waals surface area contributed by atoms with Crippen molar-refractivity contribution in [3.63, 3.8) is 0 Å². The predicted octanol–water partition coefficient (Wildman–Crippen LogP) is 0.728. The summed E-state index contributed by atoms with van der Waals surface area (Å²) in [5.74, 6) is 0. The fourth-order valence-corrected chi connectivity index (χ4v) is 0.134. The van der Waals surface area contributed by atoms with Gasteiger partial charge in [0.1, 0.15) is 0 Å². The van der Waals surface area contributed by atoms with E-state index in [0.717, 1.165) is 0 Å². The highest BCUT2D eigenvalue weighted by atomic mass is 17.2. The molecule has 2 nitrogen and oxygen atoms in total. The molecule has 0 aromatic rings. The van der Waals surface area contributed by atoms with Gasteiger partial charge in [-0.15, -0.1) is 0 Å². The van der Waals surface area contributed by atoms with Crippen molar-refractivity contribution in [3.8, 4) is 0 Å². The van der Waals surface area contributed by atoms with Gasteiger partial charge in [-0.05, 0) is 12.7 Å². The van der Waals surface area contributed by atoms with E-state index >= 15 is 0 Å². The Bertz CT molecular complexity index is 222. The molecule has 0 atom stereocenters. The first-order chi connectivity index (χ1) is 5.96. The zero-order valence-corrected chi connectivity index (χ0v) is 2.82. The molecule has 1 fully saturated rings. The van der Waals surface area contributed by atoms with Gasteiger partial charge in [-0.1, -0.05) is 0 Å². The Kier molecular flexibility index (Phi) is 0.266. The van der Waals surface area contributed by atoms with Crippen LogP contribution in [0.4, 0.5) is 0 Å². The lowest BCUT2D eigenvalue weighted by molar-refractivity contribution is -0.312. The number of rotatable bonds is 0. The van der Waals surface area contributed by atoms with E-state index in [-0.39, 0.29) is 0 Å². The lowest BCUT2D eigenvalue weighted by Crippen LogP contribution is -2.05. The normalized spacial score (nSPS) is 77.3. The highest BCUT2D eigenvalue weighted by molar-refractivity contribution is 4.36. The molecule has 0 radical (unpaired) electrons. The van der Waals surface area contributed by atoms with Gasteiger partial charge >= 0.3 is 0 Å². The Morgan fingerprint density at radius 2 is 1.67 bits per heavy atom. The fourth-order valence-electron chi connectivity index (χ4n) is 0.134. The maximum absolute atomic E-state index is 7.16. The minimum Gasteiger partial charge on any atom is -0.237 e. The van der Waals surface area contributed by atoms with Crippen molar-refractivity contribution in [2.75, 3.05) is 13.1 Å². The molecule has 1 aliphatic rings. The molecule has 0 aliphatic carbocycles. The van der Waals surface area contributed by atoms with E-state index in [0.29, 0.717) is 0 Å². The van der Waals surface area contributed by atoms with Crippen molar-refractivity contribution in [1.29, 1.82) is 0 Å². The first kappa shape index (κ1) is 0.740. The van der Waals surface area contributed by atoms with Crippen molar-refractivity contribution in [1.82, 2.24) is 0 Å². The topological polar surface area (TPSA) is 18.5 Å². The number of hydrogen-bond acceptors (Lipinski definition) is 2. The summed E-state index contributed by atoms with van der Waals surface area (Å²) in [5.41, 5.74) is 0. The third-order valence-corrected chi connectivity index (χ3v) is 0.290. The highest BCUT2D eigenvalue weighted by Gasteiger charge is 1.95. The first-order valence-corrected chi connectivity index (χ1v) is 1.32. The highest BCUT2D eigenvalue weighted by Crippen LogP contribution is 1.97.